The SMILES string of the molecule is NC(=O)C(=O)N=C=O. The van der Waals surface area contributed by atoms with Crippen molar-refractivity contribution in [2.24, 2.45) is 10.7 Å². The molecule has 5 nitrogen and oxygen atoms in total. The molecular weight excluding hydrogens is 112 g/mol. The van der Waals surface area contributed by atoms with Gasteiger partial charge in [-0.2, -0.15) is 0 Å². The minimum Gasteiger partial charge on any atom is -0.361 e. The summed E-state index contributed by atoms with van der Waals surface area (Å²) >= 11 is 0. The van der Waals surface area contributed by atoms with E-state index in [1.54, 1.807) is 0 Å². The summed E-state index contributed by atoms with van der Waals surface area (Å²) in [5.74, 6) is -2.53. The molecule has 2 amide bonds. The Labute approximate surface area is 44.2 Å². The molecule has 5 heteroatoms. The molecule has 0 spiro atoms. The lowest BCUT2D eigenvalue weighted by Crippen LogP contribution is -2.20. The first kappa shape index (κ1) is 6.52. The summed E-state index contributed by atoms with van der Waals surface area (Å²) < 4.78 is 0. The fourth-order valence-electron chi connectivity index (χ4n) is 0.0966. The highest BCUT2D eigenvalue weighted by Gasteiger charge is 2.03. The molecule has 0 aliphatic heterocycles. The Bertz CT molecular complexity index is 163. The van der Waals surface area contributed by atoms with Crippen molar-refractivity contribution in [3.8, 4) is 0 Å². The molecule has 0 unspecified atom stereocenters. The summed E-state index contributed by atoms with van der Waals surface area (Å²) in [7, 11) is 0. The largest absolute Gasteiger partial charge is 0.361 e. The molecule has 8 heavy (non-hydrogen) atoms. The smallest absolute Gasteiger partial charge is 0.345 e. The number of nitrogens with two attached hydrogens (primary N) is 1. The van der Waals surface area contributed by atoms with Gasteiger partial charge in [0.25, 0.3) is 0 Å². The average molecular weight is 114 g/mol. The van der Waals surface area contributed by atoms with E-state index in [0.717, 1.165) is 6.08 Å². The van der Waals surface area contributed by atoms with Crippen molar-refractivity contribution in [1.29, 1.82) is 0 Å². The number of amides is 2. The van der Waals surface area contributed by atoms with Gasteiger partial charge in [-0.25, -0.2) is 4.79 Å². The molecule has 0 aromatic heterocycles. The van der Waals surface area contributed by atoms with Crippen LogP contribution in [-0.2, 0) is 14.4 Å². The zero-order valence-corrected chi connectivity index (χ0v) is 3.75. The van der Waals surface area contributed by atoms with E-state index in [1.807, 2.05) is 0 Å². The van der Waals surface area contributed by atoms with E-state index in [9.17, 15) is 14.4 Å². The van der Waals surface area contributed by atoms with E-state index in [0.29, 0.717) is 0 Å². The number of aliphatic imine (C=N–C) groups is 1. The zero-order chi connectivity index (χ0) is 6.57. The normalized spacial score (nSPS) is 7.00. The lowest BCUT2D eigenvalue weighted by Gasteiger charge is -1.75. The Morgan fingerprint density at radius 3 is 2.12 bits per heavy atom. The Balaban J connectivity index is 4.05. The van der Waals surface area contributed by atoms with E-state index in [2.05, 4.69) is 10.7 Å². The summed E-state index contributed by atoms with van der Waals surface area (Å²) in [4.78, 5) is 31.1. The third-order valence-electron chi connectivity index (χ3n) is 0.358. The summed E-state index contributed by atoms with van der Waals surface area (Å²) in [5.41, 5.74) is 4.36. The third kappa shape index (κ3) is 1.84. The minimum atomic E-state index is -1.28. The highest BCUT2D eigenvalue weighted by molar-refractivity contribution is 6.35. The quantitative estimate of drug-likeness (QED) is 0.232. The van der Waals surface area contributed by atoms with Gasteiger partial charge in [-0.15, -0.1) is 4.99 Å². The summed E-state index contributed by atoms with van der Waals surface area (Å²) in [5, 5.41) is 0. The molecule has 0 radical (unpaired) electrons. The number of rotatable bonds is 0. The second-order valence-corrected chi connectivity index (χ2v) is 0.872. The van der Waals surface area contributed by atoms with Crippen LogP contribution in [0.4, 0.5) is 0 Å². The van der Waals surface area contributed by atoms with Crippen LogP contribution in [-0.4, -0.2) is 17.9 Å². The minimum absolute atomic E-state index is 0.873. The van der Waals surface area contributed by atoms with Crippen LogP contribution in [0.3, 0.4) is 0 Å². The Morgan fingerprint density at radius 2 is 2.00 bits per heavy atom. The topological polar surface area (TPSA) is 89.6 Å². The van der Waals surface area contributed by atoms with E-state index < -0.39 is 11.8 Å². The van der Waals surface area contributed by atoms with Crippen LogP contribution in [0.1, 0.15) is 0 Å². The van der Waals surface area contributed by atoms with E-state index >= 15 is 0 Å². The number of nitrogens with zero attached hydrogens (tertiary/aromatic N) is 1. The number of isocyanates is 1. The summed E-state index contributed by atoms with van der Waals surface area (Å²) in [6, 6.07) is 0. The Hall–Kier alpha value is -1.48. The van der Waals surface area contributed by atoms with Crippen molar-refractivity contribution in [2.75, 3.05) is 0 Å². The number of hydrogen-bond donors (Lipinski definition) is 1. The predicted octanol–water partition coefficient (Wildman–Crippen LogP) is -1.67. The van der Waals surface area contributed by atoms with Crippen LogP contribution < -0.4 is 5.73 Å². The molecule has 0 bridgehead atoms. The first-order chi connectivity index (χ1) is 3.68. The van der Waals surface area contributed by atoms with Crippen LogP contribution in [0.2, 0.25) is 0 Å². The van der Waals surface area contributed by atoms with Crippen molar-refractivity contribution >= 4 is 17.9 Å². The van der Waals surface area contributed by atoms with Crippen LogP contribution in [0.15, 0.2) is 4.99 Å². The van der Waals surface area contributed by atoms with Crippen LogP contribution >= 0.6 is 0 Å². The van der Waals surface area contributed by atoms with E-state index in [4.69, 9.17) is 0 Å². The first-order valence-electron chi connectivity index (χ1n) is 1.60. The van der Waals surface area contributed by atoms with Crippen LogP contribution in [0.5, 0.6) is 0 Å². The molecule has 2 N–H and O–H groups in total. The van der Waals surface area contributed by atoms with Gasteiger partial charge < -0.3 is 5.73 Å². The lowest BCUT2D eigenvalue weighted by atomic mass is 10.6. The number of hydrogen-bond acceptors (Lipinski definition) is 3. The van der Waals surface area contributed by atoms with Crippen LogP contribution in [0.25, 0.3) is 0 Å². The standard InChI is InChI=1S/C3H2N2O3/c4-2(7)3(8)5-1-6/h(H2,4,7). The number of primary amides is 1. The van der Waals surface area contributed by atoms with E-state index in [1.165, 1.54) is 0 Å². The van der Waals surface area contributed by atoms with Gasteiger partial charge >= 0.3 is 11.8 Å². The van der Waals surface area contributed by atoms with Gasteiger partial charge in [0.1, 0.15) is 0 Å². The van der Waals surface area contributed by atoms with Gasteiger partial charge in [0.05, 0.1) is 0 Å². The fourth-order valence-corrected chi connectivity index (χ4v) is 0.0966. The monoisotopic (exact) mass is 114 g/mol. The molecule has 0 aliphatic carbocycles. The fraction of sp³-hybridized carbons (Fsp3) is 0. The molecular formula is C3H2N2O3. The second kappa shape index (κ2) is 2.65. The van der Waals surface area contributed by atoms with Crippen molar-refractivity contribution in [2.45, 2.75) is 0 Å². The highest BCUT2D eigenvalue weighted by Crippen LogP contribution is 1.65. The first-order valence-corrected chi connectivity index (χ1v) is 1.60. The van der Waals surface area contributed by atoms with Crippen molar-refractivity contribution in [3.05, 3.63) is 0 Å². The van der Waals surface area contributed by atoms with Crippen molar-refractivity contribution in [1.82, 2.24) is 0 Å². The van der Waals surface area contributed by atoms with Crippen molar-refractivity contribution < 1.29 is 14.4 Å². The lowest BCUT2D eigenvalue weighted by molar-refractivity contribution is -0.135. The van der Waals surface area contributed by atoms with Crippen molar-refractivity contribution in [3.63, 3.8) is 0 Å². The molecule has 0 atom stereocenters. The molecule has 0 heterocycles. The van der Waals surface area contributed by atoms with Crippen LogP contribution in [0, 0.1) is 0 Å². The predicted molar refractivity (Wildman–Crippen MR) is 22.3 cm³/mol. The molecule has 0 aliphatic rings. The number of carbonyl (C=O) groups excluding carboxylic acids is 3. The average Bonchev–Trinajstić information content (AvgIpc) is 1.67. The van der Waals surface area contributed by atoms with Gasteiger partial charge in [0.2, 0.25) is 6.08 Å². The molecule has 0 fully saturated rings. The maximum Gasteiger partial charge on any atom is 0.345 e. The van der Waals surface area contributed by atoms with Gasteiger partial charge in [-0.1, -0.05) is 0 Å². The number of carbonyl (C=O) groups is 2. The molecule has 0 saturated heterocycles. The van der Waals surface area contributed by atoms with Gasteiger partial charge in [0, 0.05) is 0 Å². The molecule has 0 saturated carbocycles. The van der Waals surface area contributed by atoms with Gasteiger partial charge in [-0.05, 0) is 0 Å². The zero-order valence-electron chi connectivity index (χ0n) is 3.75. The second-order valence-electron chi connectivity index (χ2n) is 0.872. The summed E-state index contributed by atoms with van der Waals surface area (Å²) in [6.07, 6.45) is 0.873. The molecule has 42 valence electrons. The van der Waals surface area contributed by atoms with Gasteiger partial charge in [0.15, 0.2) is 0 Å². The molecule has 0 aromatic carbocycles. The highest BCUT2D eigenvalue weighted by atomic mass is 16.2. The Kier molecular flexibility index (Phi) is 2.16. The van der Waals surface area contributed by atoms with Gasteiger partial charge in [-0.3, -0.25) is 9.59 Å². The maximum absolute atomic E-state index is 9.84. The summed E-state index contributed by atoms with van der Waals surface area (Å²) in [6.45, 7) is 0. The third-order valence-corrected chi connectivity index (χ3v) is 0.358. The molecule has 0 aromatic rings. The molecule has 0 rings (SSSR count). The van der Waals surface area contributed by atoms with E-state index in [-0.39, 0.29) is 0 Å². The Morgan fingerprint density at radius 1 is 1.50 bits per heavy atom. The maximum atomic E-state index is 9.84.